The predicted octanol–water partition coefficient (Wildman–Crippen LogP) is 5.14. The van der Waals surface area contributed by atoms with E-state index >= 15 is 0 Å². The van der Waals surface area contributed by atoms with E-state index in [9.17, 15) is 4.79 Å². The summed E-state index contributed by atoms with van der Waals surface area (Å²) in [6, 6.07) is 15.3. The molecule has 0 spiro atoms. The molecule has 0 aliphatic rings. The molecule has 4 nitrogen and oxygen atoms in total. The van der Waals surface area contributed by atoms with Crippen molar-refractivity contribution in [1.29, 1.82) is 0 Å². The molecule has 0 fully saturated rings. The van der Waals surface area contributed by atoms with Crippen LogP contribution in [0.2, 0.25) is 0 Å². The molecular formula is C18H15BrN2O2S. The van der Waals surface area contributed by atoms with Crippen LogP contribution in [-0.4, -0.2) is 18.0 Å². The van der Waals surface area contributed by atoms with E-state index in [4.69, 9.17) is 4.74 Å². The molecule has 1 N–H and O–H groups in total. The Hall–Kier alpha value is -2.18. The van der Waals surface area contributed by atoms with Crippen LogP contribution in [0.4, 0.5) is 5.69 Å². The van der Waals surface area contributed by atoms with Crippen molar-refractivity contribution in [3.8, 4) is 16.3 Å². The number of rotatable bonds is 4. The van der Waals surface area contributed by atoms with E-state index in [0.29, 0.717) is 22.0 Å². The Kier molecular flexibility index (Phi) is 4.97. The van der Waals surface area contributed by atoms with Gasteiger partial charge in [-0.2, -0.15) is 0 Å². The minimum atomic E-state index is -0.191. The molecule has 6 heteroatoms. The molecule has 0 unspecified atom stereocenters. The van der Waals surface area contributed by atoms with Crippen molar-refractivity contribution in [2.75, 3.05) is 12.4 Å². The normalized spacial score (nSPS) is 10.5. The van der Waals surface area contributed by atoms with Crippen molar-refractivity contribution in [3.63, 3.8) is 0 Å². The smallest absolute Gasteiger partial charge is 0.267 e. The monoisotopic (exact) mass is 402 g/mol. The second-order valence-corrected chi connectivity index (χ2v) is 7.01. The molecule has 1 amide bonds. The number of methoxy groups -OCH3 is 1. The first-order valence-electron chi connectivity index (χ1n) is 7.26. The fourth-order valence-corrected chi connectivity index (χ4v) is 3.60. The van der Waals surface area contributed by atoms with Crippen molar-refractivity contribution in [2.24, 2.45) is 0 Å². The minimum absolute atomic E-state index is 0.191. The third-order valence-electron chi connectivity index (χ3n) is 3.43. The summed E-state index contributed by atoms with van der Waals surface area (Å²) in [5.74, 6) is 0.417. The van der Waals surface area contributed by atoms with Crippen molar-refractivity contribution in [2.45, 2.75) is 6.92 Å². The molecular weight excluding hydrogens is 388 g/mol. The number of carbonyl (C=O) groups excluding carboxylic acids is 1. The molecule has 0 radical (unpaired) electrons. The van der Waals surface area contributed by atoms with Gasteiger partial charge < -0.3 is 10.1 Å². The zero-order chi connectivity index (χ0) is 17.1. The Morgan fingerprint density at radius 1 is 1.21 bits per heavy atom. The molecule has 122 valence electrons. The molecule has 0 aliphatic carbocycles. The van der Waals surface area contributed by atoms with Crippen LogP contribution >= 0.6 is 27.3 Å². The molecule has 24 heavy (non-hydrogen) atoms. The third kappa shape index (κ3) is 3.49. The summed E-state index contributed by atoms with van der Waals surface area (Å²) in [7, 11) is 1.57. The Labute approximate surface area is 152 Å². The summed E-state index contributed by atoms with van der Waals surface area (Å²) in [5.41, 5.74) is 2.33. The fourth-order valence-electron chi connectivity index (χ4n) is 2.27. The van der Waals surface area contributed by atoms with Gasteiger partial charge in [-0.15, -0.1) is 11.3 Å². The molecule has 0 bridgehead atoms. The molecule has 3 rings (SSSR count). The van der Waals surface area contributed by atoms with E-state index in [-0.39, 0.29) is 5.91 Å². The zero-order valence-electron chi connectivity index (χ0n) is 13.2. The van der Waals surface area contributed by atoms with Gasteiger partial charge >= 0.3 is 0 Å². The fraction of sp³-hybridized carbons (Fsp3) is 0.111. The molecule has 0 atom stereocenters. The topological polar surface area (TPSA) is 51.2 Å². The number of thiazole rings is 1. The van der Waals surface area contributed by atoms with Gasteiger partial charge in [-0.05, 0) is 25.1 Å². The quantitative estimate of drug-likeness (QED) is 0.656. The largest absolute Gasteiger partial charge is 0.495 e. The summed E-state index contributed by atoms with van der Waals surface area (Å²) in [6.07, 6.45) is 0. The highest BCUT2D eigenvalue weighted by Crippen LogP contribution is 2.31. The van der Waals surface area contributed by atoms with Crippen molar-refractivity contribution < 1.29 is 9.53 Å². The average Bonchev–Trinajstić information content (AvgIpc) is 2.98. The number of ether oxygens (including phenoxy) is 1. The number of aromatic nitrogens is 1. The van der Waals surface area contributed by atoms with E-state index in [1.54, 1.807) is 13.2 Å². The molecule has 2 aromatic carbocycles. The van der Waals surface area contributed by atoms with Crippen molar-refractivity contribution in [1.82, 2.24) is 4.98 Å². The van der Waals surface area contributed by atoms with Crippen LogP contribution in [0.5, 0.6) is 5.75 Å². The maximum absolute atomic E-state index is 12.6. The molecule has 1 aromatic heterocycles. The number of benzene rings is 2. The minimum Gasteiger partial charge on any atom is -0.495 e. The van der Waals surface area contributed by atoms with Gasteiger partial charge in [0.1, 0.15) is 15.6 Å². The van der Waals surface area contributed by atoms with Crippen LogP contribution in [0, 0.1) is 6.92 Å². The molecule has 0 saturated heterocycles. The van der Waals surface area contributed by atoms with Gasteiger partial charge in [-0.25, -0.2) is 4.98 Å². The van der Waals surface area contributed by atoms with E-state index in [1.807, 2.05) is 49.4 Å². The average molecular weight is 403 g/mol. The van der Waals surface area contributed by atoms with Crippen LogP contribution in [0.15, 0.2) is 53.0 Å². The number of aryl methyl sites for hydroxylation is 1. The maximum Gasteiger partial charge on any atom is 0.267 e. The van der Waals surface area contributed by atoms with Crippen LogP contribution in [-0.2, 0) is 0 Å². The van der Waals surface area contributed by atoms with Crippen molar-refractivity contribution in [3.05, 3.63) is 63.6 Å². The van der Waals surface area contributed by atoms with E-state index in [0.717, 1.165) is 15.0 Å². The molecule has 0 aliphatic heterocycles. The van der Waals surface area contributed by atoms with Gasteiger partial charge in [-0.1, -0.05) is 46.3 Å². The van der Waals surface area contributed by atoms with Gasteiger partial charge in [0.05, 0.1) is 18.5 Å². The molecule has 3 aromatic rings. The third-order valence-corrected chi connectivity index (χ3v) is 5.13. The van der Waals surface area contributed by atoms with Crippen LogP contribution in [0.3, 0.4) is 0 Å². The number of nitrogens with zero attached hydrogens (tertiary/aromatic N) is 1. The first-order valence-corrected chi connectivity index (χ1v) is 8.87. The number of nitrogens with one attached hydrogen (secondary N) is 1. The molecule has 0 saturated carbocycles. The second-order valence-electron chi connectivity index (χ2n) is 5.10. The zero-order valence-corrected chi connectivity index (χ0v) is 15.6. The Morgan fingerprint density at radius 3 is 2.67 bits per heavy atom. The SMILES string of the molecule is COc1ccc(Br)cc1NC(=O)c1sc(-c2ccccc2)nc1C. The van der Waals surface area contributed by atoms with E-state index < -0.39 is 0 Å². The van der Waals surface area contributed by atoms with E-state index in [1.165, 1.54) is 11.3 Å². The van der Waals surface area contributed by atoms with E-state index in [2.05, 4.69) is 26.2 Å². The van der Waals surface area contributed by atoms with Gasteiger partial charge in [0.15, 0.2) is 0 Å². The lowest BCUT2D eigenvalue weighted by Crippen LogP contribution is -2.12. The predicted molar refractivity (Wildman–Crippen MR) is 101 cm³/mol. The van der Waals surface area contributed by atoms with Crippen LogP contribution in [0.1, 0.15) is 15.4 Å². The Bertz CT molecular complexity index is 878. The number of hydrogen-bond acceptors (Lipinski definition) is 4. The van der Waals surface area contributed by atoms with Crippen LogP contribution in [0.25, 0.3) is 10.6 Å². The first kappa shape index (κ1) is 16.7. The lowest BCUT2D eigenvalue weighted by molar-refractivity contribution is 0.102. The number of amides is 1. The summed E-state index contributed by atoms with van der Waals surface area (Å²) in [4.78, 5) is 17.8. The number of hydrogen-bond donors (Lipinski definition) is 1. The van der Waals surface area contributed by atoms with Gasteiger partial charge in [-0.3, -0.25) is 4.79 Å². The number of halogens is 1. The van der Waals surface area contributed by atoms with Gasteiger partial charge in [0.2, 0.25) is 0 Å². The second kappa shape index (κ2) is 7.15. The summed E-state index contributed by atoms with van der Waals surface area (Å²) < 4.78 is 6.16. The Balaban J connectivity index is 1.89. The maximum atomic E-state index is 12.6. The van der Waals surface area contributed by atoms with Gasteiger partial charge in [0.25, 0.3) is 5.91 Å². The number of anilines is 1. The molecule has 1 heterocycles. The highest BCUT2D eigenvalue weighted by Gasteiger charge is 2.17. The summed E-state index contributed by atoms with van der Waals surface area (Å²) >= 11 is 4.79. The summed E-state index contributed by atoms with van der Waals surface area (Å²) in [5, 5.41) is 3.73. The first-order chi connectivity index (χ1) is 11.6. The lowest BCUT2D eigenvalue weighted by Gasteiger charge is -2.10. The lowest BCUT2D eigenvalue weighted by atomic mass is 10.2. The van der Waals surface area contributed by atoms with Crippen molar-refractivity contribution >= 4 is 38.9 Å². The summed E-state index contributed by atoms with van der Waals surface area (Å²) in [6.45, 7) is 1.84. The van der Waals surface area contributed by atoms with Gasteiger partial charge in [0, 0.05) is 10.0 Å². The standard InChI is InChI=1S/C18H15BrN2O2S/c1-11-16(24-18(20-11)12-6-4-3-5-7-12)17(22)21-14-10-13(19)8-9-15(14)23-2/h3-10H,1-2H3,(H,21,22). The van der Waals surface area contributed by atoms with Crippen LogP contribution < -0.4 is 10.1 Å². The Morgan fingerprint density at radius 2 is 1.96 bits per heavy atom. The highest BCUT2D eigenvalue weighted by molar-refractivity contribution is 9.10. The highest BCUT2D eigenvalue weighted by atomic mass is 79.9. The number of carbonyl (C=O) groups is 1.